The highest BCUT2D eigenvalue weighted by atomic mass is 16.5. The minimum absolute atomic E-state index is 0.0366. The molecular formula is C13H22N4O2. The number of aromatic nitrogens is 2. The number of hydrogen-bond donors (Lipinski definition) is 1. The summed E-state index contributed by atoms with van der Waals surface area (Å²) in [6.07, 6.45) is 1.64. The fourth-order valence-corrected chi connectivity index (χ4v) is 2.24. The Kier molecular flexibility index (Phi) is 4.93. The lowest BCUT2D eigenvalue weighted by Crippen LogP contribution is -2.41. The summed E-state index contributed by atoms with van der Waals surface area (Å²) in [5.41, 5.74) is 1.59. The molecule has 0 atom stereocenters. The first-order valence-corrected chi connectivity index (χ1v) is 6.83. The third kappa shape index (κ3) is 3.54. The second-order valence-corrected chi connectivity index (χ2v) is 4.67. The average molecular weight is 266 g/mol. The molecular weight excluding hydrogens is 244 g/mol. The highest BCUT2D eigenvalue weighted by Gasteiger charge is 2.14. The number of carbonyl (C=O) groups excluding carboxylic acids is 1. The third-order valence-corrected chi connectivity index (χ3v) is 3.46. The average Bonchev–Trinajstić information content (AvgIpc) is 2.81. The standard InChI is InChI=1S/C13H22N4O2/c1-3-17-11(2)12(10-15-17)13(18)14-4-5-16-6-8-19-9-7-16/h10H,3-9H2,1-2H3,(H,14,18). The van der Waals surface area contributed by atoms with Crippen molar-refractivity contribution in [1.29, 1.82) is 0 Å². The lowest BCUT2D eigenvalue weighted by atomic mass is 10.2. The van der Waals surface area contributed by atoms with Gasteiger partial charge in [0, 0.05) is 38.4 Å². The zero-order chi connectivity index (χ0) is 13.7. The molecule has 19 heavy (non-hydrogen) atoms. The third-order valence-electron chi connectivity index (χ3n) is 3.46. The fraction of sp³-hybridized carbons (Fsp3) is 0.692. The Balaban J connectivity index is 1.78. The van der Waals surface area contributed by atoms with Gasteiger partial charge in [0.2, 0.25) is 0 Å². The van der Waals surface area contributed by atoms with Gasteiger partial charge in [-0.15, -0.1) is 0 Å². The molecule has 0 unspecified atom stereocenters. The SMILES string of the molecule is CCn1ncc(C(=O)NCCN2CCOCC2)c1C. The first-order chi connectivity index (χ1) is 9.22. The number of hydrogen-bond acceptors (Lipinski definition) is 4. The van der Waals surface area contributed by atoms with E-state index in [1.54, 1.807) is 6.20 Å². The number of amides is 1. The van der Waals surface area contributed by atoms with Crippen molar-refractivity contribution in [3.8, 4) is 0 Å². The lowest BCUT2D eigenvalue weighted by molar-refractivity contribution is 0.0383. The normalized spacial score (nSPS) is 16.5. The molecule has 1 amide bonds. The van der Waals surface area contributed by atoms with E-state index in [1.807, 2.05) is 18.5 Å². The zero-order valence-electron chi connectivity index (χ0n) is 11.7. The van der Waals surface area contributed by atoms with Crippen LogP contribution in [0.25, 0.3) is 0 Å². The maximum absolute atomic E-state index is 12.0. The van der Waals surface area contributed by atoms with Crippen molar-refractivity contribution >= 4 is 5.91 Å². The predicted molar refractivity (Wildman–Crippen MR) is 72.2 cm³/mol. The van der Waals surface area contributed by atoms with Crippen molar-refractivity contribution in [3.05, 3.63) is 17.5 Å². The number of aryl methyl sites for hydroxylation is 1. The van der Waals surface area contributed by atoms with Gasteiger partial charge in [0.25, 0.3) is 5.91 Å². The second-order valence-electron chi connectivity index (χ2n) is 4.67. The van der Waals surface area contributed by atoms with Crippen LogP contribution in [0.1, 0.15) is 23.0 Å². The molecule has 1 aromatic heterocycles. The van der Waals surface area contributed by atoms with Crippen LogP contribution in [0.3, 0.4) is 0 Å². The molecule has 0 saturated carbocycles. The molecule has 1 fully saturated rings. The van der Waals surface area contributed by atoms with E-state index < -0.39 is 0 Å². The maximum Gasteiger partial charge on any atom is 0.254 e. The van der Waals surface area contributed by atoms with Crippen molar-refractivity contribution in [2.45, 2.75) is 20.4 Å². The summed E-state index contributed by atoms with van der Waals surface area (Å²) in [5, 5.41) is 7.13. The molecule has 2 heterocycles. The van der Waals surface area contributed by atoms with Crippen LogP contribution >= 0.6 is 0 Å². The molecule has 6 nitrogen and oxygen atoms in total. The van der Waals surface area contributed by atoms with Gasteiger partial charge in [-0.3, -0.25) is 14.4 Å². The van der Waals surface area contributed by atoms with E-state index in [1.165, 1.54) is 0 Å². The Labute approximate surface area is 113 Å². The zero-order valence-corrected chi connectivity index (χ0v) is 11.7. The molecule has 1 aromatic rings. The van der Waals surface area contributed by atoms with Gasteiger partial charge in [0.05, 0.1) is 25.0 Å². The van der Waals surface area contributed by atoms with Crippen molar-refractivity contribution in [3.63, 3.8) is 0 Å². The van der Waals surface area contributed by atoms with Crippen molar-refractivity contribution in [2.24, 2.45) is 0 Å². The molecule has 1 N–H and O–H groups in total. The van der Waals surface area contributed by atoms with E-state index in [-0.39, 0.29) is 5.91 Å². The minimum atomic E-state index is -0.0366. The first kappa shape index (κ1) is 14.0. The van der Waals surface area contributed by atoms with E-state index >= 15 is 0 Å². The van der Waals surface area contributed by atoms with Crippen LogP contribution in [-0.2, 0) is 11.3 Å². The van der Waals surface area contributed by atoms with Crippen molar-refractivity contribution in [1.82, 2.24) is 20.0 Å². The molecule has 2 rings (SSSR count). The van der Waals surface area contributed by atoms with E-state index in [4.69, 9.17) is 4.74 Å². The monoisotopic (exact) mass is 266 g/mol. The van der Waals surface area contributed by atoms with E-state index in [0.29, 0.717) is 12.1 Å². The molecule has 1 saturated heterocycles. The van der Waals surface area contributed by atoms with Crippen molar-refractivity contribution < 1.29 is 9.53 Å². The smallest absolute Gasteiger partial charge is 0.254 e. The maximum atomic E-state index is 12.0. The van der Waals surface area contributed by atoms with Gasteiger partial charge in [0.1, 0.15) is 0 Å². The summed E-state index contributed by atoms with van der Waals surface area (Å²) in [6, 6.07) is 0. The number of carbonyl (C=O) groups is 1. The van der Waals surface area contributed by atoms with Gasteiger partial charge in [-0.2, -0.15) is 5.10 Å². The fourth-order valence-electron chi connectivity index (χ4n) is 2.24. The Bertz CT molecular complexity index is 424. The van der Waals surface area contributed by atoms with Crippen LogP contribution < -0.4 is 5.32 Å². The number of rotatable bonds is 5. The molecule has 1 aliphatic rings. The molecule has 6 heteroatoms. The highest BCUT2D eigenvalue weighted by Crippen LogP contribution is 2.06. The number of ether oxygens (including phenoxy) is 1. The van der Waals surface area contributed by atoms with Gasteiger partial charge < -0.3 is 10.1 Å². The lowest BCUT2D eigenvalue weighted by Gasteiger charge is -2.26. The summed E-state index contributed by atoms with van der Waals surface area (Å²) < 4.78 is 7.12. The molecule has 0 bridgehead atoms. The van der Waals surface area contributed by atoms with E-state index in [2.05, 4.69) is 15.3 Å². The van der Waals surface area contributed by atoms with Crippen LogP contribution in [0.4, 0.5) is 0 Å². The Morgan fingerprint density at radius 1 is 1.47 bits per heavy atom. The van der Waals surface area contributed by atoms with Crippen LogP contribution in [-0.4, -0.2) is 60.0 Å². The van der Waals surface area contributed by atoms with Crippen LogP contribution in [0.5, 0.6) is 0 Å². The molecule has 0 radical (unpaired) electrons. The number of nitrogens with zero attached hydrogens (tertiary/aromatic N) is 3. The van der Waals surface area contributed by atoms with E-state index in [0.717, 1.165) is 45.1 Å². The molecule has 0 aliphatic carbocycles. The first-order valence-electron chi connectivity index (χ1n) is 6.83. The summed E-state index contributed by atoms with van der Waals surface area (Å²) in [5.74, 6) is -0.0366. The summed E-state index contributed by atoms with van der Waals surface area (Å²) >= 11 is 0. The second kappa shape index (κ2) is 6.68. The number of nitrogens with one attached hydrogen (secondary N) is 1. The van der Waals surface area contributed by atoms with Gasteiger partial charge in [-0.1, -0.05) is 0 Å². The Morgan fingerprint density at radius 2 is 2.21 bits per heavy atom. The summed E-state index contributed by atoms with van der Waals surface area (Å²) in [6.45, 7) is 9.73. The molecule has 1 aliphatic heterocycles. The van der Waals surface area contributed by atoms with Gasteiger partial charge >= 0.3 is 0 Å². The van der Waals surface area contributed by atoms with Gasteiger partial charge in [-0.25, -0.2) is 0 Å². The Hall–Kier alpha value is -1.40. The van der Waals surface area contributed by atoms with Gasteiger partial charge in [0.15, 0.2) is 0 Å². The quantitative estimate of drug-likeness (QED) is 0.831. The topological polar surface area (TPSA) is 59.4 Å². The van der Waals surface area contributed by atoms with Crippen LogP contribution in [0, 0.1) is 6.92 Å². The van der Waals surface area contributed by atoms with E-state index in [9.17, 15) is 4.79 Å². The molecule has 0 spiro atoms. The summed E-state index contributed by atoms with van der Waals surface area (Å²) in [4.78, 5) is 14.3. The van der Waals surface area contributed by atoms with Crippen molar-refractivity contribution in [2.75, 3.05) is 39.4 Å². The number of morpholine rings is 1. The van der Waals surface area contributed by atoms with Crippen LogP contribution in [0.15, 0.2) is 6.20 Å². The minimum Gasteiger partial charge on any atom is -0.379 e. The predicted octanol–water partition coefficient (Wildman–Crippen LogP) is 0.273. The Morgan fingerprint density at radius 3 is 2.84 bits per heavy atom. The molecule has 0 aromatic carbocycles. The summed E-state index contributed by atoms with van der Waals surface area (Å²) in [7, 11) is 0. The largest absolute Gasteiger partial charge is 0.379 e. The highest BCUT2D eigenvalue weighted by molar-refractivity contribution is 5.95. The molecule has 106 valence electrons. The van der Waals surface area contributed by atoms with Gasteiger partial charge in [-0.05, 0) is 13.8 Å². The van der Waals surface area contributed by atoms with Crippen LogP contribution in [0.2, 0.25) is 0 Å².